The molecule has 0 spiro atoms. The van der Waals surface area contributed by atoms with Crippen molar-refractivity contribution in [3.8, 4) is 0 Å². The van der Waals surface area contributed by atoms with Crippen LogP contribution >= 0.6 is 0 Å². The molecule has 1 aliphatic heterocycles. The van der Waals surface area contributed by atoms with E-state index in [1.807, 2.05) is 0 Å². The summed E-state index contributed by atoms with van der Waals surface area (Å²) in [5, 5.41) is 0. The van der Waals surface area contributed by atoms with Crippen molar-refractivity contribution in [1.82, 2.24) is 4.90 Å². The minimum absolute atomic E-state index is 0.430. The number of amides is 1. The van der Waals surface area contributed by atoms with Gasteiger partial charge in [-0.25, -0.2) is 0 Å². The van der Waals surface area contributed by atoms with Crippen molar-refractivity contribution in [2.75, 3.05) is 0 Å². The van der Waals surface area contributed by atoms with E-state index in [-0.39, 0.29) is 0 Å². The van der Waals surface area contributed by atoms with Gasteiger partial charge in [-0.3, -0.25) is 4.79 Å². The topological polar surface area (TPSA) is 20.3 Å². The van der Waals surface area contributed by atoms with Crippen LogP contribution in [0.5, 0.6) is 0 Å². The molecule has 1 heterocycles. The predicted molar refractivity (Wildman–Crippen MR) is 56.2 cm³/mol. The van der Waals surface area contributed by atoms with E-state index in [2.05, 4.69) is 0 Å². The summed E-state index contributed by atoms with van der Waals surface area (Å²) < 4.78 is 37.8. The van der Waals surface area contributed by atoms with Crippen LogP contribution in [-0.2, 0) is 4.79 Å². The average molecular weight is 243 g/mol. The van der Waals surface area contributed by atoms with Gasteiger partial charge in [0.05, 0.1) is 12.5 Å². The van der Waals surface area contributed by atoms with E-state index >= 15 is 0 Å². The van der Waals surface area contributed by atoms with Gasteiger partial charge in [0.1, 0.15) is 6.04 Å². The van der Waals surface area contributed by atoms with Crippen LogP contribution in [0.15, 0.2) is 30.3 Å². The first-order valence-corrected chi connectivity index (χ1v) is 5.34. The molecule has 1 amide bonds. The van der Waals surface area contributed by atoms with Crippen LogP contribution in [0.1, 0.15) is 24.9 Å². The van der Waals surface area contributed by atoms with Gasteiger partial charge >= 0.3 is 6.18 Å². The highest BCUT2D eigenvalue weighted by Gasteiger charge is 2.54. The molecule has 1 aliphatic rings. The van der Waals surface area contributed by atoms with Crippen molar-refractivity contribution in [2.45, 2.75) is 31.6 Å². The summed E-state index contributed by atoms with van der Waals surface area (Å²) in [5.41, 5.74) is 0.717. The Morgan fingerprint density at radius 3 is 2.35 bits per heavy atom. The Kier molecular flexibility index (Phi) is 2.85. The van der Waals surface area contributed by atoms with Crippen molar-refractivity contribution in [1.29, 1.82) is 0 Å². The molecule has 5 heteroatoms. The van der Waals surface area contributed by atoms with Gasteiger partial charge < -0.3 is 4.90 Å². The number of hydrogen-bond donors (Lipinski definition) is 0. The van der Waals surface area contributed by atoms with Crippen molar-refractivity contribution in [3.63, 3.8) is 0 Å². The highest BCUT2D eigenvalue weighted by molar-refractivity contribution is 5.84. The van der Waals surface area contributed by atoms with Crippen molar-refractivity contribution < 1.29 is 18.0 Å². The van der Waals surface area contributed by atoms with Gasteiger partial charge in [0, 0.05) is 0 Å². The second kappa shape index (κ2) is 4.05. The average Bonchev–Trinajstić information content (AvgIpc) is 2.25. The second-order valence-electron chi connectivity index (χ2n) is 4.15. The summed E-state index contributed by atoms with van der Waals surface area (Å²) in [6, 6.07) is 6.56. The summed E-state index contributed by atoms with van der Waals surface area (Å²) in [5.74, 6) is -0.441. The van der Waals surface area contributed by atoms with Crippen molar-refractivity contribution in [2.24, 2.45) is 0 Å². The smallest absolute Gasteiger partial charge is 0.323 e. The molecular formula is C12H12F3NO. The molecule has 0 radical (unpaired) electrons. The number of halogens is 3. The first-order valence-electron chi connectivity index (χ1n) is 5.34. The molecular weight excluding hydrogens is 231 g/mol. The summed E-state index contributed by atoms with van der Waals surface area (Å²) >= 11 is 0. The minimum Gasteiger partial charge on any atom is -0.323 e. The lowest BCUT2D eigenvalue weighted by Gasteiger charge is -2.45. The summed E-state index contributed by atoms with van der Waals surface area (Å²) in [7, 11) is 0. The lowest BCUT2D eigenvalue weighted by molar-refractivity contribution is -0.219. The molecule has 1 aromatic rings. The summed E-state index contributed by atoms with van der Waals surface area (Å²) in [4.78, 5) is 12.2. The molecule has 0 bridgehead atoms. The lowest BCUT2D eigenvalue weighted by Crippen LogP contribution is -2.60. The minimum atomic E-state index is -4.34. The van der Waals surface area contributed by atoms with E-state index in [9.17, 15) is 18.0 Å². The number of β-lactam (4-membered cyclic amide) rings is 1. The number of nitrogens with zero attached hydrogens (tertiary/aromatic N) is 1. The number of carbonyl (C=O) groups excluding carboxylic acids is 1. The van der Waals surface area contributed by atoms with Crippen LogP contribution in [0, 0.1) is 0 Å². The largest absolute Gasteiger partial charge is 0.409 e. The molecule has 0 aromatic heterocycles. The van der Waals surface area contributed by atoms with Gasteiger partial charge in [-0.2, -0.15) is 13.2 Å². The molecule has 2 nitrogen and oxygen atoms in total. The third-order valence-electron chi connectivity index (χ3n) is 3.07. The first kappa shape index (κ1) is 12.0. The highest BCUT2D eigenvalue weighted by atomic mass is 19.4. The van der Waals surface area contributed by atoms with E-state index in [1.54, 1.807) is 37.3 Å². The van der Waals surface area contributed by atoms with Gasteiger partial charge in [-0.05, 0) is 12.5 Å². The van der Waals surface area contributed by atoms with Gasteiger partial charge in [0.25, 0.3) is 0 Å². The SMILES string of the molecule is C[C@H](c1ccccc1)N1C(=O)C[C@@H]1C(F)(F)F. The zero-order valence-corrected chi connectivity index (χ0v) is 9.24. The van der Waals surface area contributed by atoms with E-state index in [0.29, 0.717) is 0 Å². The summed E-state index contributed by atoms with van der Waals surface area (Å²) in [6.07, 6.45) is -4.77. The van der Waals surface area contributed by atoms with Crippen LogP contribution in [0.4, 0.5) is 13.2 Å². The maximum atomic E-state index is 12.6. The zero-order valence-electron chi connectivity index (χ0n) is 9.24. The van der Waals surface area contributed by atoms with E-state index in [0.717, 1.165) is 10.5 Å². The van der Waals surface area contributed by atoms with Crippen LogP contribution < -0.4 is 0 Å². The zero-order chi connectivity index (χ0) is 12.6. The van der Waals surface area contributed by atoms with Crippen LogP contribution in [0.25, 0.3) is 0 Å². The van der Waals surface area contributed by atoms with E-state index in [1.165, 1.54) is 0 Å². The maximum absolute atomic E-state index is 12.6. The van der Waals surface area contributed by atoms with Gasteiger partial charge in [-0.1, -0.05) is 30.3 Å². The lowest BCUT2D eigenvalue weighted by atomic mass is 9.95. The fourth-order valence-corrected chi connectivity index (χ4v) is 2.08. The van der Waals surface area contributed by atoms with Gasteiger partial charge in [0.15, 0.2) is 0 Å². The van der Waals surface area contributed by atoms with Gasteiger partial charge in [-0.15, -0.1) is 0 Å². The monoisotopic (exact) mass is 243 g/mol. The van der Waals surface area contributed by atoms with E-state index < -0.39 is 30.6 Å². The highest BCUT2D eigenvalue weighted by Crippen LogP contribution is 2.39. The van der Waals surface area contributed by atoms with Crippen LogP contribution in [0.3, 0.4) is 0 Å². The normalized spacial score (nSPS) is 22.2. The molecule has 1 saturated heterocycles. The second-order valence-corrected chi connectivity index (χ2v) is 4.15. The standard InChI is InChI=1S/C12H12F3NO/c1-8(9-5-3-2-4-6-9)16-10(7-11(16)17)12(13,14)15/h2-6,8,10H,7H2,1H3/t8-,10-/m1/s1. The Balaban J connectivity index is 2.19. The predicted octanol–water partition coefficient (Wildman–Crippen LogP) is 2.91. The fraction of sp³-hybridized carbons (Fsp3) is 0.417. The molecule has 92 valence electrons. The van der Waals surface area contributed by atoms with Crippen molar-refractivity contribution in [3.05, 3.63) is 35.9 Å². The Morgan fingerprint density at radius 1 is 1.29 bits per heavy atom. The maximum Gasteiger partial charge on any atom is 0.409 e. The first-order chi connectivity index (χ1) is 7.91. The molecule has 0 N–H and O–H groups in total. The van der Waals surface area contributed by atoms with Gasteiger partial charge in [0.2, 0.25) is 5.91 Å². The Hall–Kier alpha value is -1.52. The molecule has 0 unspecified atom stereocenters. The third kappa shape index (κ3) is 2.14. The summed E-state index contributed by atoms with van der Waals surface area (Å²) in [6.45, 7) is 1.62. The Morgan fingerprint density at radius 2 is 1.88 bits per heavy atom. The van der Waals surface area contributed by atoms with Crippen LogP contribution in [0.2, 0.25) is 0 Å². The third-order valence-corrected chi connectivity index (χ3v) is 3.07. The number of alkyl halides is 3. The fourth-order valence-electron chi connectivity index (χ4n) is 2.08. The van der Waals surface area contributed by atoms with Crippen LogP contribution in [-0.4, -0.2) is 23.0 Å². The molecule has 17 heavy (non-hydrogen) atoms. The number of likely N-dealkylation sites (tertiary alicyclic amines) is 1. The molecule has 1 aromatic carbocycles. The molecule has 2 atom stereocenters. The number of carbonyl (C=O) groups is 1. The quantitative estimate of drug-likeness (QED) is 0.731. The number of hydrogen-bond acceptors (Lipinski definition) is 1. The molecule has 1 fully saturated rings. The molecule has 0 aliphatic carbocycles. The van der Waals surface area contributed by atoms with Crippen molar-refractivity contribution >= 4 is 5.91 Å². The Labute approximate surface area is 97.0 Å². The molecule has 0 saturated carbocycles. The Bertz CT molecular complexity index is 416. The van der Waals surface area contributed by atoms with E-state index in [4.69, 9.17) is 0 Å². The number of benzene rings is 1. The number of rotatable bonds is 2. The molecule has 2 rings (SSSR count).